The maximum Gasteiger partial charge on any atom is 0.254 e. The molecular weight excluding hydrogens is 263 g/mol. The van der Waals surface area contributed by atoms with Crippen molar-refractivity contribution in [2.24, 2.45) is 0 Å². The molecule has 0 radical (unpaired) electrons. The van der Waals surface area contributed by atoms with Gasteiger partial charge in [-0.15, -0.1) is 0 Å². The van der Waals surface area contributed by atoms with Crippen LogP contribution in [0.3, 0.4) is 0 Å². The van der Waals surface area contributed by atoms with Gasteiger partial charge in [0.15, 0.2) is 5.16 Å². The molecule has 0 bridgehead atoms. The van der Waals surface area contributed by atoms with E-state index >= 15 is 0 Å². The molecule has 0 aliphatic heterocycles. The highest BCUT2D eigenvalue weighted by atomic mass is 32.2. The number of hydrogen-bond acceptors (Lipinski definition) is 3. The molecule has 0 saturated heterocycles. The Hall–Kier alpha value is -1.62. The van der Waals surface area contributed by atoms with Gasteiger partial charge in [-0.25, -0.2) is 9.37 Å². The van der Waals surface area contributed by atoms with Crippen molar-refractivity contribution in [1.82, 2.24) is 9.97 Å². The topological polar surface area (TPSA) is 45.8 Å². The minimum atomic E-state index is -0.237. The second-order valence-electron chi connectivity index (χ2n) is 4.17. The van der Waals surface area contributed by atoms with E-state index in [1.54, 1.807) is 18.2 Å². The molecule has 1 aromatic carbocycles. The monoisotopic (exact) mass is 278 g/mol. The van der Waals surface area contributed by atoms with Crippen LogP contribution in [0.2, 0.25) is 0 Å². The Labute approximate surface area is 115 Å². The molecule has 0 aliphatic carbocycles. The molecular formula is C14H15FN2OS. The highest BCUT2D eigenvalue weighted by molar-refractivity contribution is 7.98. The Morgan fingerprint density at radius 3 is 2.74 bits per heavy atom. The SMILES string of the molecule is CCc1c(C)nc(SCc2ccccc2F)[nH]c1=O. The molecule has 0 atom stereocenters. The van der Waals surface area contributed by atoms with Crippen molar-refractivity contribution in [3.05, 3.63) is 57.3 Å². The van der Waals surface area contributed by atoms with Crippen molar-refractivity contribution in [3.8, 4) is 0 Å². The summed E-state index contributed by atoms with van der Waals surface area (Å²) in [4.78, 5) is 18.9. The predicted octanol–water partition coefficient (Wildman–Crippen LogP) is 3.07. The van der Waals surface area contributed by atoms with Gasteiger partial charge in [-0.3, -0.25) is 4.79 Å². The molecule has 0 aliphatic rings. The highest BCUT2D eigenvalue weighted by Gasteiger charge is 2.08. The Bertz CT molecular complexity index is 640. The molecule has 0 amide bonds. The number of nitrogens with zero attached hydrogens (tertiary/aromatic N) is 1. The highest BCUT2D eigenvalue weighted by Crippen LogP contribution is 2.20. The van der Waals surface area contributed by atoms with E-state index in [9.17, 15) is 9.18 Å². The van der Waals surface area contributed by atoms with E-state index in [2.05, 4.69) is 9.97 Å². The van der Waals surface area contributed by atoms with Gasteiger partial charge in [-0.1, -0.05) is 36.9 Å². The van der Waals surface area contributed by atoms with Gasteiger partial charge in [-0.05, 0) is 25.0 Å². The fraction of sp³-hybridized carbons (Fsp3) is 0.286. The maximum absolute atomic E-state index is 13.5. The first-order valence-electron chi connectivity index (χ1n) is 6.07. The maximum atomic E-state index is 13.5. The number of aromatic amines is 1. The van der Waals surface area contributed by atoms with Crippen LogP contribution in [0.4, 0.5) is 4.39 Å². The summed E-state index contributed by atoms with van der Waals surface area (Å²) < 4.78 is 13.5. The number of benzene rings is 1. The van der Waals surface area contributed by atoms with Gasteiger partial charge in [-0.2, -0.15) is 0 Å². The quantitative estimate of drug-likeness (QED) is 0.690. The summed E-state index contributed by atoms with van der Waals surface area (Å²) in [6.45, 7) is 3.74. The molecule has 3 nitrogen and oxygen atoms in total. The summed E-state index contributed by atoms with van der Waals surface area (Å²) in [6, 6.07) is 6.61. The molecule has 1 N–H and O–H groups in total. The van der Waals surface area contributed by atoms with Crippen LogP contribution in [-0.2, 0) is 12.2 Å². The fourth-order valence-corrected chi connectivity index (χ4v) is 2.72. The third-order valence-electron chi connectivity index (χ3n) is 2.88. The van der Waals surface area contributed by atoms with Crippen LogP contribution in [0.5, 0.6) is 0 Å². The lowest BCUT2D eigenvalue weighted by Gasteiger charge is -2.06. The third kappa shape index (κ3) is 3.23. The minimum absolute atomic E-state index is 0.106. The van der Waals surface area contributed by atoms with Crippen molar-refractivity contribution >= 4 is 11.8 Å². The van der Waals surface area contributed by atoms with Crippen molar-refractivity contribution < 1.29 is 4.39 Å². The number of H-pyrrole nitrogens is 1. The van der Waals surface area contributed by atoms with Crippen LogP contribution in [-0.4, -0.2) is 9.97 Å². The lowest BCUT2D eigenvalue weighted by atomic mass is 10.2. The molecule has 0 unspecified atom stereocenters. The first-order chi connectivity index (χ1) is 9.11. The largest absolute Gasteiger partial charge is 0.301 e. The lowest BCUT2D eigenvalue weighted by Crippen LogP contribution is -2.16. The zero-order valence-electron chi connectivity index (χ0n) is 10.9. The van der Waals surface area contributed by atoms with Crippen LogP contribution < -0.4 is 5.56 Å². The molecule has 100 valence electrons. The van der Waals surface area contributed by atoms with E-state index in [4.69, 9.17) is 0 Å². The molecule has 5 heteroatoms. The second kappa shape index (κ2) is 6.02. The Kier molecular flexibility index (Phi) is 4.37. The fourth-order valence-electron chi connectivity index (χ4n) is 1.83. The lowest BCUT2D eigenvalue weighted by molar-refractivity contribution is 0.617. The smallest absolute Gasteiger partial charge is 0.254 e. The minimum Gasteiger partial charge on any atom is -0.301 e. The third-order valence-corrected chi connectivity index (χ3v) is 3.80. The number of aromatic nitrogens is 2. The van der Waals surface area contributed by atoms with Crippen LogP contribution in [0, 0.1) is 12.7 Å². The number of aryl methyl sites for hydroxylation is 1. The van der Waals surface area contributed by atoms with Crippen LogP contribution in [0.25, 0.3) is 0 Å². The van der Waals surface area contributed by atoms with E-state index in [-0.39, 0.29) is 11.4 Å². The van der Waals surface area contributed by atoms with Crippen LogP contribution in [0.15, 0.2) is 34.2 Å². The summed E-state index contributed by atoms with van der Waals surface area (Å²) in [6.07, 6.45) is 0.659. The van der Waals surface area contributed by atoms with E-state index in [0.29, 0.717) is 28.5 Å². The Morgan fingerprint density at radius 2 is 2.11 bits per heavy atom. The molecule has 1 heterocycles. The van der Waals surface area contributed by atoms with E-state index < -0.39 is 0 Å². The molecule has 0 saturated carbocycles. The number of rotatable bonds is 4. The summed E-state index contributed by atoms with van der Waals surface area (Å²) >= 11 is 1.33. The van der Waals surface area contributed by atoms with Gasteiger partial charge in [0.1, 0.15) is 5.82 Å². The Morgan fingerprint density at radius 1 is 1.37 bits per heavy atom. The first-order valence-corrected chi connectivity index (χ1v) is 7.06. The Balaban J connectivity index is 2.17. The summed E-state index contributed by atoms with van der Waals surface area (Å²) in [5.41, 5.74) is 1.94. The number of nitrogens with one attached hydrogen (secondary N) is 1. The molecule has 0 spiro atoms. The number of hydrogen-bond donors (Lipinski definition) is 1. The standard InChI is InChI=1S/C14H15FN2OS/c1-3-11-9(2)16-14(17-13(11)18)19-8-10-6-4-5-7-12(10)15/h4-7H,3,8H2,1-2H3,(H,16,17,18). The molecule has 2 aromatic rings. The zero-order chi connectivity index (χ0) is 13.8. The number of halogens is 1. The zero-order valence-corrected chi connectivity index (χ0v) is 11.7. The van der Waals surface area contributed by atoms with Crippen molar-refractivity contribution in [2.45, 2.75) is 31.2 Å². The molecule has 2 rings (SSSR count). The second-order valence-corrected chi connectivity index (χ2v) is 5.13. The van der Waals surface area contributed by atoms with Crippen molar-refractivity contribution in [2.75, 3.05) is 0 Å². The van der Waals surface area contributed by atoms with Crippen molar-refractivity contribution in [1.29, 1.82) is 0 Å². The van der Waals surface area contributed by atoms with E-state index in [0.717, 1.165) is 5.69 Å². The normalized spacial score (nSPS) is 10.7. The van der Waals surface area contributed by atoms with Gasteiger partial charge >= 0.3 is 0 Å². The van der Waals surface area contributed by atoms with Crippen LogP contribution >= 0.6 is 11.8 Å². The van der Waals surface area contributed by atoms with Gasteiger partial charge in [0.2, 0.25) is 0 Å². The van der Waals surface area contributed by atoms with Crippen molar-refractivity contribution in [3.63, 3.8) is 0 Å². The average Bonchev–Trinajstić information content (AvgIpc) is 2.37. The summed E-state index contributed by atoms with van der Waals surface area (Å²) in [5.74, 6) is 0.208. The summed E-state index contributed by atoms with van der Waals surface area (Å²) in [7, 11) is 0. The predicted molar refractivity (Wildman–Crippen MR) is 74.9 cm³/mol. The van der Waals surface area contributed by atoms with Gasteiger partial charge in [0.05, 0.1) is 0 Å². The molecule has 0 fully saturated rings. The van der Waals surface area contributed by atoms with Gasteiger partial charge < -0.3 is 4.98 Å². The number of thioether (sulfide) groups is 1. The van der Waals surface area contributed by atoms with E-state index in [1.807, 2.05) is 13.8 Å². The van der Waals surface area contributed by atoms with E-state index in [1.165, 1.54) is 17.8 Å². The summed E-state index contributed by atoms with van der Waals surface area (Å²) in [5, 5.41) is 0.531. The first kappa shape index (κ1) is 13.8. The van der Waals surface area contributed by atoms with Crippen LogP contribution in [0.1, 0.15) is 23.7 Å². The molecule has 19 heavy (non-hydrogen) atoms. The van der Waals surface area contributed by atoms with Gasteiger partial charge in [0.25, 0.3) is 5.56 Å². The van der Waals surface area contributed by atoms with Gasteiger partial charge in [0, 0.05) is 17.0 Å². The molecule has 1 aromatic heterocycles. The average molecular weight is 278 g/mol.